The molecular weight excluding hydrogens is 302 g/mol. The van der Waals surface area contributed by atoms with Crippen LogP contribution in [0.25, 0.3) is 0 Å². The topological polar surface area (TPSA) is 74.2 Å². The van der Waals surface area contributed by atoms with Crippen molar-refractivity contribution in [3.8, 4) is 0 Å². The van der Waals surface area contributed by atoms with Gasteiger partial charge in [0.1, 0.15) is 0 Å². The molecule has 1 atom stereocenters. The van der Waals surface area contributed by atoms with Crippen LogP contribution in [0, 0.1) is 0 Å². The molecule has 20 heavy (non-hydrogen) atoms. The van der Waals surface area contributed by atoms with Crippen LogP contribution in [-0.2, 0) is 22.4 Å². The highest BCUT2D eigenvalue weighted by Crippen LogP contribution is 2.58. The van der Waals surface area contributed by atoms with E-state index in [9.17, 15) is 9.46 Å². The second kappa shape index (κ2) is 13.1. The van der Waals surface area contributed by atoms with E-state index in [1.54, 1.807) is 0 Å². The van der Waals surface area contributed by atoms with Crippen LogP contribution < -0.4 is 0 Å². The van der Waals surface area contributed by atoms with Gasteiger partial charge in [-0.05, 0) is 19.3 Å². The quantitative estimate of drug-likeness (QED) is 0.365. The molecule has 0 aromatic carbocycles. The predicted octanol–water partition coefficient (Wildman–Crippen LogP) is 4.78. The minimum atomic E-state index is -4.10. The van der Waals surface area contributed by atoms with Gasteiger partial charge in [-0.1, -0.05) is 40.0 Å². The third kappa shape index (κ3) is 12.2. The Morgan fingerprint density at radius 3 is 1.80 bits per heavy atom. The van der Waals surface area contributed by atoms with Crippen LogP contribution in [0.4, 0.5) is 0 Å². The number of phosphoric ester groups is 1. The number of phosphoric acid groups is 1. The van der Waals surface area contributed by atoms with E-state index in [1.165, 1.54) is 0 Å². The summed E-state index contributed by atoms with van der Waals surface area (Å²) in [6.45, 7) is 7.13. The third-order valence-corrected chi connectivity index (χ3v) is 4.97. The molecule has 0 rings (SSSR count). The fraction of sp³-hybridized carbons (Fsp3) is 1.00. The van der Waals surface area contributed by atoms with E-state index in [1.807, 2.05) is 20.8 Å². The molecule has 6 nitrogen and oxygen atoms in total. The van der Waals surface area contributed by atoms with E-state index in [0.29, 0.717) is 19.6 Å². The van der Waals surface area contributed by atoms with Crippen LogP contribution in [0.15, 0.2) is 0 Å². The van der Waals surface area contributed by atoms with Crippen molar-refractivity contribution in [1.82, 2.24) is 0 Å². The zero-order chi connectivity index (χ0) is 15.3. The van der Waals surface area contributed by atoms with Crippen molar-refractivity contribution in [2.24, 2.45) is 0 Å². The minimum Gasteiger partial charge on any atom is -0.312 e. The average molecular weight is 330 g/mol. The van der Waals surface area contributed by atoms with E-state index in [-0.39, 0.29) is 6.61 Å². The van der Waals surface area contributed by atoms with Crippen molar-refractivity contribution >= 4 is 16.4 Å². The molecule has 0 saturated carbocycles. The van der Waals surface area contributed by atoms with E-state index in [2.05, 4.69) is 0 Å². The molecule has 8 heteroatoms. The first-order valence-corrected chi connectivity index (χ1v) is 9.87. The summed E-state index contributed by atoms with van der Waals surface area (Å²) in [5.41, 5.74) is 0. The summed E-state index contributed by atoms with van der Waals surface area (Å²) >= 11 is 0. The first kappa shape index (κ1) is 20.5. The fourth-order valence-corrected chi connectivity index (χ4v) is 3.31. The Bertz CT molecular complexity index is 254. The molecule has 0 aliphatic rings. The Balaban J connectivity index is 4.17. The highest BCUT2D eigenvalue weighted by atomic mass is 31.3. The van der Waals surface area contributed by atoms with Gasteiger partial charge in [0, 0.05) is 0 Å². The summed E-state index contributed by atoms with van der Waals surface area (Å²) in [6, 6.07) is 0. The maximum Gasteiger partial charge on any atom is 0.479 e. The lowest BCUT2D eigenvalue weighted by atomic mass is 10.4. The lowest BCUT2D eigenvalue weighted by Crippen LogP contribution is -2.00. The largest absolute Gasteiger partial charge is 0.479 e. The highest BCUT2D eigenvalue weighted by molar-refractivity contribution is 7.58. The molecule has 0 aromatic rings. The molecule has 0 heterocycles. The number of hydrogen-bond donors (Lipinski definition) is 1. The first-order valence-electron chi connectivity index (χ1n) is 7.28. The third-order valence-electron chi connectivity index (χ3n) is 2.31. The number of unbranched alkanes of at least 4 members (excludes halogenated alkanes) is 3. The molecular formula is C12H28O6P2. The van der Waals surface area contributed by atoms with Gasteiger partial charge in [0.05, 0.1) is 19.8 Å². The van der Waals surface area contributed by atoms with Crippen molar-refractivity contribution in [2.45, 2.75) is 59.3 Å². The van der Waals surface area contributed by atoms with Gasteiger partial charge in [-0.25, -0.2) is 8.88 Å². The Labute approximate surface area is 123 Å². The Kier molecular flexibility index (Phi) is 13.4. The Morgan fingerprint density at radius 2 is 1.35 bits per heavy atom. The number of rotatable bonds is 14. The standard InChI is InChI=1S/C12H28O6P2/c1-4-7-10-15-19(16-11-8-5-2)18-20(13,14)17-12-9-6-3/h4-12H2,1-3H3,(H,13,14). The fourth-order valence-electron chi connectivity index (χ4n) is 1.08. The molecule has 0 amide bonds. The van der Waals surface area contributed by atoms with Crippen molar-refractivity contribution in [2.75, 3.05) is 19.8 Å². The van der Waals surface area contributed by atoms with E-state index < -0.39 is 16.4 Å². The molecule has 0 saturated heterocycles. The lowest BCUT2D eigenvalue weighted by molar-refractivity contribution is 0.158. The van der Waals surface area contributed by atoms with E-state index >= 15 is 0 Å². The number of hydrogen-bond acceptors (Lipinski definition) is 5. The second-order valence-electron chi connectivity index (χ2n) is 4.33. The molecule has 0 aromatic heterocycles. The smallest absolute Gasteiger partial charge is 0.312 e. The van der Waals surface area contributed by atoms with Gasteiger partial charge in [0.25, 0.3) is 0 Å². The van der Waals surface area contributed by atoms with E-state index in [4.69, 9.17) is 17.9 Å². The van der Waals surface area contributed by atoms with Crippen LogP contribution in [0.5, 0.6) is 0 Å². The van der Waals surface area contributed by atoms with Gasteiger partial charge in [0.2, 0.25) is 0 Å². The van der Waals surface area contributed by atoms with Gasteiger partial charge in [-0.2, -0.15) is 0 Å². The summed E-state index contributed by atoms with van der Waals surface area (Å²) in [5, 5.41) is 0. The van der Waals surface area contributed by atoms with Crippen LogP contribution in [-0.4, -0.2) is 24.7 Å². The van der Waals surface area contributed by atoms with Crippen LogP contribution >= 0.6 is 16.4 Å². The van der Waals surface area contributed by atoms with Gasteiger partial charge in [-0.15, -0.1) is 0 Å². The zero-order valence-corrected chi connectivity index (χ0v) is 14.5. The average Bonchev–Trinajstić information content (AvgIpc) is 2.39. The van der Waals surface area contributed by atoms with E-state index in [0.717, 1.165) is 32.1 Å². The van der Waals surface area contributed by atoms with Crippen LogP contribution in [0.2, 0.25) is 0 Å². The Hall–Kier alpha value is 0.460. The van der Waals surface area contributed by atoms with Gasteiger partial charge in [-0.3, -0.25) is 4.52 Å². The van der Waals surface area contributed by atoms with Crippen molar-refractivity contribution in [3.63, 3.8) is 0 Å². The molecule has 1 unspecified atom stereocenters. The second-order valence-corrected chi connectivity index (χ2v) is 7.15. The zero-order valence-electron chi connectivity index (χ0n) is 12.7. The molecule has 122 valence electrons. The molecule has 0 radical (unpaired) electrons. The highest BCUT2D eigenvalue weighted by Gasteiger charge is 2.29. The van der Waals surface area contributed by atoms with Gasteiger partial charge >= 0.3 is 16.4 Å². The van der Waals surface area contributed by atoms with Crippen LogP contribution in [0.1, 0.15) is 59.3 Å². The van der Waals surface area contributed by atoms with Crippen LogP contribution in [0.3, 0.4) is 0 Å². The van der Waals surface area contributed by atoms with Gasteiger partial charge in [0.15, 0.2) is 0 Å². The van der Waals surface area contributed by atoms with Crippen molar-refractivity contribution in [1.29, 1.82) is 0 Å². The minimum absolute atomic E-state index is 0.192. The summed E-state index contributed by atoms with van der Waals surface area (Å²) in [7, 11) is -5.93. The first-order chi connectivity index (χ1) is 9.55. The summed E-state index contributed by atoms with van der Waals surface area (Å²) in [4.78, 5) is 9.59. The molecule has 0 aliphatic carbocycles. The van der Waals surface area contributed by atoms with Crippen molar-refractivity contribution in [3.05, 3.63) is 0 Å². The summed E-state index contributed by atoms with van der Waals surface area (Å²) in [6.07, 6.45) is 5.25. The molecule has 0 aliphatic heterocycles. The summed E-state index contributed by atoms with van der Waals surface area (Å²) in [5.74, 6) is 0. The maximum absolute atomic E-state index is 11.7. The monoisotopic (exact) mass is 330 g/mol. The van der Waals surface area contributed by atoms with Crippen molar-refractivity contribution < 1.29 is 27.3 Å². The predicted molar refractivity (Wildman–Crippen MR) is 80.4 cm³/mol. The normalized spacial score (nSPS) is 14.7. The lowest BCUT2D eigenvalue weighted by Gasteiger charge is -2.19. The maximum atomic E-state index is 11.7. The SMILES string of the molecule is CCCCOP(OCCCC)OP(=O)(O)OCCCC. The molecule has 0 bridgehead atoms. The summed E-state index contributed by atoms with van der Waals surface area (Å²) < 4.78 is 32.3. The molecule has 0 spiro atoms. The molecule has 1 N–H and O–H groups in total. The van der Waals surface area contributed by atoms with Gasteiger partial charge < -0.3 is 13.9 Å². The Morgan fingerprint density at radius 1 is 0.900 bits per heavy atom. The molecule has 0 fully saturated rings.